The zero-order chi connectivity index (χ0) is 15.9. The van der Waals surface area contributed by atoms with E-state index < -0.39 is 0 Å². The highest BCUT2D eigenvalue weighted by Gasteiger charge is 2.33. The van der Waals surface area contributed by atoms with Crippen molar-refractivity contribution < 1.29 is 4.74 Å². The molecule has 1 aliphatic heterocycles. The van der Waals surface area contributed by atoms with Gasteiger partial charge in [0.15, 0.2) is 0 Å². The number of likely N-dealkylation sites (tertiary alicyclic amines) is 1. The van der Waals surface area contributed by atoms with Crippen molar-refractivity contribution in [1.82, 2.24) is 4.90 Å². The first-order valence-corrected chi connectivity index (χ1v) is 8.94. The van der Waals surface area contributed by atoms with E-state index in [1.807, 2.05) is 0 Å². The second-order valence-corrected chi connectivity index (χ2v) is 6.71. The van der Waals surface area contributed by atoms with Gasteiger partial charge in [-0.2, -0.15) is 0 Å². The van der Waals surface area contributed by atoms with Crippen LogP contribution >= 0.6 is 0 Å². The Bertz CT molecular complexity index is 434. The maximum Gasteiger partial charge on any atom is 0.148 e. The Kier molecular flexibility index (Phi) is 6.82. The lowest BCUT2D eigenvalue weighted by molar-refractivity contribution is 0.195. The van der Waals surface area contributed by atoms with Gasteiger partial charge in [0.05, 0.1) is 6.61 Å². The average Bonchev–Trinajstić information content (AvgIpc) is 2.92. The Morgan fingerprint density at radius 2 is 1.95 bits per heavy atom. The van der Waals surface area contributed by atoms with Crippen LogP contribution < -0.4 is 10.2 Å². The highest BCUT2D eigenvalue weighted by Crippen LogP contribution is 2.27. The first-order valence-electron chi connectivity index (χ1n) is 8.94. The molecule has 2 nitrogen and oxygen atoms in total. The summed E-state index contributed by atoms with van der Waals surface area (Å²) in [6.45, 7) is 12.3. The van der Waals surface area contributed by atoms with Crippen molar-refractivity contribution >= 4 is 12.7 Å². The van der Waals surface area contributed by atoms with Crippen LogP contribution in [0.3, 0.4) is 0 Å². The van der Waals surface area contributed by atoms with Gasteiger partial charge in [0, 0.05) is 25.0 Å². The fourth-order valence-electron chi connectivity index (χ4n) is 3.53. The molecule has 22 heavy (non-hydrogen) atoms. The van der Waals surface area contributed by atoms with E-state index in [4.69, 9.17) is 4.74 Å². The van der Waals surface area contributed by atoms with E-state index in [9.17, 15) is 0 Å². The molecule has 3 unspecified atom stereocenters. The zero-order valence-electron chi connectivity index (χ0n) is 14.7. The van der Waals surface area contributed by atoms with Crippen LogP contribution in [0, 0.1) is 11.8 Å². The van der Waals surface area contributed by atoms with Crippen LogP contribution in [0.1, 0.15) is 40.0 Å². The van der Waals surface area contributed by atoms with Crippen LogP contribution in [0.2, 0.25) is 6.82 Å². The number of benzene rings is 1. The number of nitrogens with zero attached hydrogens (tertiary/aromatic N) is 1. The molecule has 0 amide bonds. The summed E-state index contributed by atoms with van der Waals surface area (Å²) in [5.41, 5.74) is 1.25. The lowest BCUT2D eigenvalue weighted by atomic mass is 9.73. The van der Waals surface area contributed by atoms with Crippen molar-refractivity contribution in [3.8, 4) is 5.75 Å². The summed E-state index contributed by atoms with van der Waals surface area (Å²) < 4.78 is 6.04. The van der Waals surface area contributed by atoms with Crippen LogP contribution in [0.5, 0.6) is 5.75 Å². The topological polar surface area (TPSA) is 12.5 Å². The molecule has 1 fully saturated rings. The third-order valence-corrected chi connectivity index (χ3v) is 5.08. The number of rotatable bonds is 8. The summed E-state index contributed by atoms with van der Waals surface area (Å²) in [4.78, 5) is 2.69. The normalized spacial score (nSPS) is 23.5. The molecule has 1 saturated heterocycles. The third-order valence-electron chi connectivity index (χ3n) is 5.08. The molecular formula is C19H31BNO. The van der Waals surface area contributed by atoms with Gasteiger partial charge in [-0.1, -0.05) is 51.6 Å². The highest BCUT2D eigenvalue weighted by molar-refractivity contribution is 6.51. The van der Waals surface area contributed by atoms with Crippen molar-refractivity contribution in [3.63, 3.8) is 0 Å². The van der Waals surface area contributed by atoms with Crippen LogP contribution in [-0.4, -0.2) is 37.9 Å². The van der Waals surface area contributed by atoms with Gasteiger partial charge >= 0.3 is 0 Å². The van der Waals surface area contributed by atoms with Crippen LogP contribution in [0.4, 0.5) is 0 Å². The predicted octanol–water partition coefficient (Wildman–Crippen LogP) is 3.59. The molecule has 1 aromatic rings. The fraction of sp³-hybridized carbons (Fsp3) is 0.684. The second kappa shape index (κ2) is 8.62. The maximum atomic E-state index is 6.04. The minimum absolute atomic E-state index is 0.656. The first-order chi connectivity index (χ1) is 10.7. The molecule has 2 rings (SSSR count). The summed E-state index contributed by atoms with van der Waals surface area (Å²) in [6, 6.07) is 9.16. The van der Waals surface area contributed by atoms with Gasteiger partial charge in [0.2, 0.25) is 0 Å². The molecule has 1 radical (unpaired) electrons. The van der Waals surface area contributed by atoms with E-state index in [1.165, 1.54) is 37.8 Å². The molecule has 3 atom stereocenters. The second-order valence-electron chi connectivity index (χ2n) is 6.71. The first kappa shape index (κ1) is 17.4. The molecular weight excluding hydrogens is 269 g/mol. The van der Waals surface area contributed by atoms with E-state index in [1.54, 1.807) is 0 Å². The molecule has 1 heterocycles. The Morgan fingerprint density at radius 1 is 1.23 bits per heavy atom. The van der Waals surface area contributed by atoms with Crippen molar-refractivity contribution in [3.05, 3.63) is 24.3 Å². The van der Waals surface area contributed by atoms with E-state index in [0.717, 1.165) is 24.3 Å². The maximum absolute atomic E-state index is 6.04. The van der Waals surface area contributed by atoms with Gasteiger partial charge in [-0.25, -0.2) is 0 Å². The smallest absolute Gasteiger partial charge is 0.148 e. The molecule has 121 valence electrons. The molecule has 0 N–H and O–H groups in total. The summed E-state index contributed by atoms with van der Waals surface area (Å²) in [7, 11) is 2.11. The molecule has 0 spiro atoms. The van der Waals surface area contributed by atoms with Crippen molar-refractivity contribution in [2.75, 3.05) is 19.7 Å². The highest BCUT2D eigenvalue weighted by atomic mass is 16.5. The minimum atomic E-state index is 0.656. The Hall–Kier alpha value is -0.955. The number of ether oxygens (including phenoxy) is 1. The molecule has 0 aromatic heterocycles. The lowest BCUT2D eigenvalue weighted by Crippen LogP contribution is -2.33. The van der Waals surface area contributed by atoms with Gasteiger partial charge < -0.3 is 4.74 Å². The minimum Gasteiger partial charge on any atom is -0.493 e. The van der Waals surface area contributed by atoms with Crippen molar-refractivity contribution in [1.29, 1.82) is 0 Å². The largest absolute Gasteiger partial charge is 0.493 e. The van der Waals surface area contributed by atoms with Gasteiger partial charge in [0.1, 0.15) is 13.0 Å². The summed E-state index contributed by atoms with van der Waals surface area (Å²) >= 11 is 0. The molecule has 0 saturated carbocycles. The third kappa shape index (κ3) is 4.52. The average molecular weight is 300 g/mol. The van der Waals surface area contributed by atoms with Gasteiger partial charge in [-0.05, 0) is 30.9 Å². The standard InChI is InChI=1S/C19H31BNO/c1-5-7-18(6-2)21-12-15(3)16(13-21)14-22-19-10-8-17(20-4)9-11-19/h8-11,15-16,18H,5-7,12-14H2,1-4H3. The Labute approximate surface area is 137 Å². The van der Waals surface area contributed by atoms with Gasteiger partial charge in [0.25, 0.3) is 0 Å². The molecule has 3 heteroatoms. The van der Waals surface area contributed by atoms with E-state index in [-0.39, 0.29) is 0 Å². The number of hydrogen-bond donors (Lipinski definition) is 0. The quantitative estimate of drug-likeness (QED) is 0.680. The van der Waals surface area contributed by atoms with Crippen LogP contribution in [0.15, 0.2) is 24.3 Å². The Morgan fingerprint density at radius 3 is 2.55 bits per heavy atom. The summed E-state index contributed by atoms with van der Waals surface area (Å²) in [6.07, 6.45) is 3.88. The lowest BCUT2D eigenvalue weighted by Gasteiger charge is -2.26. The van der Waals surface area contributed by atoms with Gasteiger partial charge in [-0.3, -0.25) is 4.90 Å². The van der Waals surface area contributed by atoms with E-state index in [0.29, 0.717) is 5.92 Å². The summed E-state index contributed by atoms with van der Waals surface area (Å²) in [5, 5.41) is 0. The zero-order valence-corrected chi connectivity index (χ0v) is 14.7. The fourth-order valence-corrected chi connectivity index (χ4v) is 3.53. The van der Waals surface area contributed by atoms with E-state index in [2.05, 4.69) is 64.0 Å². The SMILES string of the molecule is C[B]c1ccc(OCC2CN(C(CC)CCC)CC2C)cc1. The van der Waals surface area contributed by atoms with Crippen LogP contribution in [-0.2, 0) is 0 Å². The molecule has 0 aliphatic carbocycles. The monoisotopic (exact) mass is 300 g/mol. The van der Waals surface area contributed by atoms with Crippen LogP contribution in [0.25, 0.3) is 0 Å². The van der Waals surface area contributed by atoms with Crippen molar-refractivity contribution in [2.45, 2.75) is 52.9 Å². The predicted molar refractivity (Wildman–Crippen MR) is 96.4 cm³/mol. The molecule has 0 bridgehead atoms. The summed E-state index contributed by atoms with van der Waals surface area (Å²) in [5.74, 6) is 2.38. The van der Waals surface area contributed by atoms with E-state index >= 15 is 0 Å². The number of hydrogen-bond acceptors (Lipinski definition) is 2. The molecule has 1 aromatic carbocycles. The van der Waals surface area contributed by atoms with Crippen molar-refractivity contribution in [2.24, 2.45) is 11.8 Å². The Balaban J connectivity index is 1.84. The molecule has 1 aliphatic rings. The van der Waals surface area contributed by atoms with Gasteiger partial charge in [-0.15, -0.1) is 0 Å².